The van der Waals surface area contributed by atoms with Crippen molar-refractivity contribution in [1.29, 1.82) is 0 Å². The predicted molar refractivity (Wildman–Crippen MR) is 62.8 cm³/mol. The number of likely N-dealkylation sites (N-methyl/N-ethyl adjacent to an activating group) is 1. The second-order valence-electron chi connectivity index (χ2n) is 3.68. The van der Waals surface area contributed by atoms with E-state index in [1.54, 1.807) is 0 Å². The zero-order chi connectivity index (χ0) is 10.7. The molecular weight excluding hydrogens is 188 g/mol. The van der Waals surface area contributed by atoms with E-state index in [2.05, 4.69) is 34.3 Å². The zero-order valence-electron chi connectivity index (χ0n) is 8.93. The molecule has 4 nitrogen and oxygen atoms in total. The van der Waals surface area contributed by atoms with Gasteiger partial charge in [-0.25, -0.2) is 0 Å². The third-order valence-corrected chi connectivity index (χ3v) is 2.56. The summed E-state index contributed by atoms with van der Waals surface area (Å²) in [5.74, 6) is 0. The van der Waals surface area contributed by atoms with E-state index in [0.29, 0.717) is 6.54 Å². The summed E-state index contributed by atoms with van der Waals surface area (Å²) in [5.41, 5.74) is 7.88. The summed E-state index contributed by atoms with van der Waals surface area (Å²) in [6.07, 6.45) is 1.86. The molecular formula is C11H16N4. The Kier molecular flexibility index (Phi) is 2.87. The molecule has 0 bridgehead atoms. The highest BCUT2D eigenvalue weighted by molar-refractivity contribution is 5.79. The summed E-state index contributed by atoms with van der Waals surface area (Å²) in [5, 5.41) is 6.18. The Labute approximate surface area is 90.0 Å². The normalized spacial score (nSPS) is 15.9. The Balaban J connectivity index is 2.12. The molecule has 2 rings (SSSR count). The first-order valence-electron chi connectivity index (χ1n) is 5.10. The van der Waals surface area contributed by atoms with Gasteiger partial charge in [-0.15, -0.1) is 0 Å². The van der Waals surface area contributed by atoms with Gasteiger partial charge in [0.05, 0.1) is 6.54 Å². The van der Waals surface area contributed by atoms with Crippen LogP contribution >= 0.6 is 0 Å². The smallest absolute Gasteiger partial charge is 0.115 e. The minimum Gasteiger partial charge on any atom is -0.329 e. The molecule has 0 saturated carbocycles. The summed E-state index contributed by atoms with van der Waals surface area (Å²) in [4.78, 5) is 2.14. The number of nitrogens with two attached hydrogens (primary N) is 1. The molecule has 0 fully saturated rings. The van der Waals surface area contributed by atoms with Crippen molar-refractivity contribution in [1.82, 2.24) is 5.01 Å². The third kappa shape index (κ3) is 2.27. The average Bonchev–Trinajstić information content (AvgIpc) is 2.30. The first-order chi connectivity index (χ1) is 7.29. The molecule has 0 atom stereocenters. The van der Waals surface area contributed by atoms with Gasteiger partial charge in [-0.3, -0.25) is 5.01 Å². The molecule has 15 heavy (non-hydrogen) atoms. The Hall–Kier alpha value is -1.55. The van der Waals surface area contributed by atoms with Gasteiger partial charge in [-0.1, -0.05) is 12.1 Å². The van der Waals surface area contributed by atoms with E-state index in [1.807, 2.05) is 18.4 Å². The number of hydrogen-bond acceptors (Lipinski definition) is 4. The molecule has 0 aromatic heterocycles. The first kappa shape index (κ1) is 9.98. The molecule has 0 radical (unpaired) electrons. The van der Waals surface area contributed by atoms with Crippen molar-refractivity contribution < 1.29 is 0 Å². The van der Waals surface area contributed by atoms with Gasteiger partial charge in [0.1, 0.15) is 6.34 Å². The van der Waals surface area contributed by atoms with Crippen molar-refractivity contribution in [3.05, 3.63) is 29.8 Å². The van der Waals surface area contributed by atoms with E-state index in [9.17, 15) is 0 Å². The maximum atomic E-state index is 5.55. The molecule has 1 aromatic rings. The quantitative estimate of drug-likeness (QED) is 0.776. The van der Waals surface area contributed by atoms with Crippen LogP contribution < -0.4 is 10.6 Å². The number of nitrogens with zero attached hydrogens (tertiary/aromatic N) is 3. The maximum absolute atomic E-state index is 5.55. The second-order valence-corrected chi connectivity index (χ2v) is 3.68. The summed E-state index contributed by atoms with van der Waals surface area (Å²) in [6.45, 7) is 2.52. The average molecular weight is 204 g/mol. The maximum Gasteiger partial charge on any atom is 0.115 e. The van der Waals surface area contributed by atoms with Crippen LogP contribution in [0.1, 0.15) is 5.56 Å². The lowest BCUT2D eigenvalue weighted by atomic mass is 10.2. The molecule has 2 N–H and O–H groups in total. The predicted octanol–water partition coefficient (Wildman–Crippen LogP) is 0.840. The van der Waals surface area contributed by atoms with E-state index in [1.165, 1.54) is 5.69 Å². The molecule has 4 heteroatoms. The molecule has 80 valence electrons. The monoisotopic (exact) mass is 204 g/mol. The Morgan fingerprint density at radius 2 is 2.00 bits per heavy atom. The van der Waals surface area contributed by atoms with Gasteiger partial charge in [0.2, 0.25) is 0 Å². The van der Waals surface area contributed by atoms with Gasteiger partial charge in [-0.05, 0) is 17.7 Å². The minimum absolute atomic E-state index is 0.594. The van der Waals surface area contributed by atoms with Crippen LogP contribution in [0, 0.1) is 0 Å². The molecule has 0 saturated heterocycles. The van der Waals surface area contributed by atoms with Crippen LogP contribution in [0.25, 0.3) is 0 Å². The lowest BCUT2D eigenvalue weighted by molar-refractivity contribution is 0.353. The second kappa shape index (κ2) is 4.31. The van der Waals surface area contributed by atoms with E-state index in [-0.39, 0.29) is 0 Å². The van der Waals surface area contributed by atoms with Crippen molar-refractivity contribution in [3.8, 4) is 0 Å². The van der Waals surface area contributed by atoms with E-state index in [4.69, 9.17) is 5.73 Å². The number of hydrogen-bond donors (Lipinski definition) is 1. The fourth-order valence-electron chi connectivity index (χ4n) is 1.54. The van der Waals surface area contributed by atoms with Crippen molar-refractivity contribution in [2.75, 3.05) is 25.0 Å². The standard InChI is InChI=1S/C11H16N4/c1-14-6-7-15(9-13-14)11-4-2-10(8-12)3-5-11/h2-5,9H,6-8,12H2,1H3. The summed E-state index contributed by atoms with van der Waals surface area (Å²) < 4.78 is 0. The van der Waals surface area contributed by atoms with Gasteiger partial charge in [0, 0.05) is 25.8 Å². The van der Waals surface area contributed by atoms with Crippen LogP contribution in [0.5, 0.6) is 0 Å². The first-order valence-corrected chi connectivity index (χ1v) is 5.10. The van der Waals surface area contributed by atoms with Crippen LogP contribution in [-0.4, -0.2) is 31.5 Å². The van der Waals surface area contributed by atoms with Crippen molar-refractivity contribution >= 4 is 12.0 Å². The van der Waals surface area contributed by atoms with Crippen LogP contribution in [-0.2, 0) is 6.54 Å². The van der Waals surface area contributed by atoms with Crippen LogP contribution in [0.2, 0.25) is 0 Å². The Morgan fingerprint density at radius 1 is 1.27 bits per heavy atom. The van der Waals surface area contributed by atoms with Crippen molar-refractivity contribution in [2.45, 2.75) is 6.54 Å². The summed E-state index contributed by atoms with van der Waals surface area (Å²) in [7, 11) is 1.98. The number of rotatable bonds is 2. The molecule has 0 aliphatic carbocycles. The number of hydrazone groups is 1. The molecule has 1 heterocycles. The lowest BCUT2D eigenvalue weighted by Gasteiger charge is -2.27. The van der Waals surface area contributed by atoms with E-state index < -0.39 is 0 Å². The molecule has 1 aromatic carbocycles. The highest BCUT2D eigenvalue weighted by atomic mass is 15.5. The topological polar surface area (TPSA) is 44.9 Å². The van der Waals surface area contributed by atoms with Gasteiger partial charge < -0.3 is 10.6 Å². The van der Waals surface area contributed by atoms with Crippen molar-refractivity contribution in [2.24, 2.45) is 10.8 Å². The van der Waals surface area contributed by atoms with Crippen LogP contribution in [0.3, 0.4) is 0 Å². The van der Waals surface area contributed by atoms with Gasteiger partial charge >= 0.3 is 0 Å². The summed E-state index contributed by atoms with van der Waals surface area (Å²) in [6, 6.07) is 8.28. The minimum atomic E-state index is 0.594. The van der Waals surface area contributed by atoms with Gasteiger partial charge in [0.15, 0.2) is 0 Å². The fraction of sp³-hybridized carbons (Fsp3) is 0.364. The number of anilines is 1. The zero-order valence-corrected chi connectivity index (χ0v) is 8.93. The molecule has 0 amide bonds. The molecule has 1 aliphatic heterocycles. The van der Waals surface area contributed by atoms with E-state index >= 15 is 0 Å². The third-order valence-electron chi connectivity index (χ3n) is 2.56. The van der Waals surface area contributed by atoms with Crippen LogP contribution in [0.4, 0.5) is 5.69 Å². The van der Waals surface area contributed by atoms with Crippen molar-refractivity contribution in [3.63, 3.8) is 0 Å². The number of benzene rings is 1. The fourth-order valence-corrected chi connectivity index (χ4v) is 1.54. The Morgan fingerprint density at radius 3 is 2.53 bits per heavy atom. The van der Waals surface area contributed by atoms with Crippen LogP contribution in [0.15, 0.2) is 29.4 Å². The molecule has 0 spiro atoms. The van der Waals surface area contributed by atoms with Gasteiger partial charge in [0.25, 0.3) is 0 Å². The molecule has 1 aliphatic rings. The largest absolute Gasteiger partial charge is 0.329 e. The molecule has 0 unspecified atom stereocenters. The lowest BCUT2D eigenvalue weighted by Crippen LogP contribution is -2.35. The summed E-state index contributed by atoms with van der Waals surface area (Å²) >= 11 is 0. The van der Waals surface area contributed by atoms with Gasteiger partial charge in [-0.2, -0.15) is 5.10 Å². The highest BCUT2D eigenvalue weighted by Gasteiger charge is 2.09. The highest BCUT2D eigenvalue weighted by Crippen LogP contribution is 2.15. The Bertz CT molecular complexity index is 344. The van der Waals surface area contributed by atoms with E-state index in [0.717, 1.165) is 18.7 Å². The SMILES string of the molecule is CN1CCN(c2ccc(CN)cc2)C=N1.